The summed E-state index contributed by atoms with van der Waals surface area (Å²) in [7, 11) is 0. The van der Waals surface area contributed by atoms with Crippen LogP contribution in [-0.2, 0) is 0 Å². The molecule has 2 aliphatic rings. The summed E-state index contributed by atoms with van der Waals surface area (Å²) in [5.74, 6) is -0.0253. The Balaban J connectivity index is 2.14. The van der Waals surface area contributed by atoms with Crippen LogP contribution in [0.5, 0.6) is 0 Å². The van der Waals surface area contributed by atoms with Crippen LogP contribution in [0.25, 0.3) is 6.08 Å². The molecule has 0 N–H and O–H groups in total. The van der Waals surface area contributed by atoms with Gasteiger partial charge >= 0.3 is 0 Å². The van der Waals surface area contributed by atoms with Gasteiger partial charge in [0.2, 0.25) is 5.91 Å². The van der Waals surface area contributed by atoms with E-state index in [2.05, 4.69) is 4.99 Å². The lowest BCUT2D eigenvalue weighted by atomic mass is 10.0. The summed E-state index contributed by atoms with van der Waals surface area (Å²) in [4.78, 5) is 28.8. The standard InChI is InChI=1S/C15H10N2O2/c18-13-7-3-6-12-14-10(8-17(12)13)15(19)9-4-1-2-5-11(9)16-14/h1-2,4-6,8H,3,7H2. The first-order valence-corrected chi connectivity index (χ1v) is 6.23. The molecule has 0 saturated carbocycles. The maximum absolute atomic E-state index is 12.4. The summed E-state index contributed by atoms with van der Waals surface area (Å²) in [5, 5.41) is 1.39. The molecule has 1 aromatic carbocycles. The highest BCUT2D eigenvalue weighted by molar-refractivity contribution is 6.13. The van der Waals surface area contributed by atoms with Crippen molar-refractivity contribution < 1.29 is 9.59 Å². The molecule has 0 unspecified atom stereocenters. The molecule has 2 aliphatic heterocycles. The maximum atomic E-state index is 12.4. The van der Waals surface area contributed by atoms with E-state index in [1.165, 1.54) is 0 Å². The third-order valence-corrected chi connectivity index (χ3v) is 3.61. The van der Waals surface area contributed by atoms with Crippen LogP contribution in [-0.4, -0.2) is 16.3 Å². The lowest BCUT2D eigenvalue weighted by Crippen LogP contribution is -2.37. The highest BCUT2D eigenvalue weighted by Gasteiger charge is 2.24. The van der Waals surface area contributed by atoms with E-state index >= 15 is 0 Å². The first kappa shape index (κ1) is 10.4. The number of ketones is 1. The number of nitrogens with zero attached hydrogens (tertiary/aromatic N) is 2. The van der Waals surface area contributed by atoms with Crippen molar-refractivity contribution in [2.24, 2.45) is 4.99 Å². The number of carbonyl (C=O) groups excluding carboxylic acids is 2. The summed E-state index contributed by atoms with van der Waals surface area (Å²) in [6.45, 7) is 0. The second-order valence-electron chi connectivity index (χ2n) is 4.74. The molecule has 0 radical (unpaired) electrons. The Kier molecular flexibility index (Phi) is 1.93. The lowest BCUT2D eigenvalue weighted by Gasteiger charge is -2.07. The zero-order valence-electron chi connectivity index (χ0n) is 10.1. The minimum atomic E-state index is -0.0521. The number of hydrogen-bond donors (Lipinski definition) is 0. The fraction of sp³-hybridized carbons (Fsp3) is 0.133. The van der Waals surface area contributed by atoms with Crippen LogP contribution in [0.3, 0.4) is 0 Å². The summed E-state index contributed by atoms with van der Waals surface area (Å²) < 4.78 is 1.56. The minimum absolute atomic E-state index is 0.0268. The van der Waals surface area contributed by atoms with E-state index in [9.17, 15) is 9.59 Å². The number of fused-ring (bicyclic) bond motifs is 4. The van der Waals surface area contributed by atoms with E-state index in [-0.39, 0.29) is 11.7 Å². The van der Waals surface area contributed by atoms with Gasteiger partial charge in [-0.15, -0.1) is 0 Å². The monoisotopic (exact) mass is 250 g/mol. The first-order valence-electron chi connectivity index (χ1n) is 6.23. The molecule has 92 valence electrons. The highest BCUT2D eigenvalue weighted by Crippen LogP contribution is 2.23. The van der Waals surface area contributed by atoms with E-state index in [1.54, 1.807) is 16.8 Å². The molecule has 3 heterocycles. The predicted molar refractivity (Wildman–Crippen MR) is 69.1 cm³/mol. The van der Waals surface area contributed by atoms with Gasteiger partial charge in [0.05, 0.1) is 16.6 Å². The van der Waals surface area contributed by atoms with E-state index in [1.807, 2.05) is 24.3 Å². The van der Waals surface area contributed by atoms with Crippen LogP contribution >= 0.6 is 0 Å². The van der Waals surface area contributed by atoms with Crippen LogP contribution in [0.1, 0.15) is 33.6 Å². The molecular weight excluding hydrogens is 240 g/mol. The fourth-order valence-corrected chi connectivity index (χ4v) is 2.68. The Hall–Kier alpha value is -2.49. The van der Waals surface area contributed by atoms with Crippen LogP contribution in [0.2, 0.25) is 0 Å². The Labute approximate surface area is 108 Å². The van der Waals surface area contributed by atoms with Crippen LogP contribution in [0, 0.1) is 0 Å². The average Bonchev–Trinajstić information content (AvgIpc) is 2.80. The van der Waals surface area contributed by atoms with E-state index in [4.69, 9.17) is 0 Å². The molecule has 1 aromatic heterocycles. The molecule has 0 spiro atoms. The molecule has 4 nitrogen and oxygen atoms in total. The van der Waals surface area contributed by atoms with Crippen molar-refractivity contribution >= 4 is 23.5 Å². The third kappa shape index (κ3) is 1.31. The number of benzene rings is 1. The van der Waals surface area contributed by atoms with Gasteiger partial charge in [-0.1, -0.05) is 18.2 Å². The zero-order valence-corrected chi connectivity index (χ0v) is 10.1. The minimum Gasteiger partial charge on any atom is -0.288 e. The van der Waals surface area contributed by atoms with Gasteiger partial charge in [-0.3, -0.25) is 14.2 Å². The number of aromatic nitrogens is 1. The largest absolute Gasteiger partial charge is 0.288 e. The van der Waals surface area contributed by atoms with Gasteiger partial charge in [0, 0.05) is 18.2 Å². The topological polar surface area (TPSA) is 51.4 Å². The van der Waals surface area contributed by atoms with Crippen molar-refractivity contribution in [3.8, 4) is 0 Å². The molecule has 0 atom stereocenters. The Bertz CT molecular complexity index is 859. The van der Waals surface area contributed by atoms with Gasteiger partial charge in [0.1, 0.15) is 5.36 Å². The molecule has 0 aliphatic carbocycles. The van der Waals surface area contributed by atoms with Crippen LogP contribution < -0.4 is 10.7 Å². The average molecular weight is 250 g/mol. The SMILES string of the molecule is O=C1c2ccccc2N=c2c1cn1c2=CCCC1=O. The van der Waals surface area contributed by atoms with Crippen molar-refractivity contribution in [2.75, 3.05) is 0 Å². The van der Waals surface area contributed by atoms with Crippen molar-refractivity contribution in [3.05, 3.63) is 52.3 Å². The number of para-hydroxylation sites is 1. The van der Waals surface area contributed by atoms with Gasteiger partial charge in [0.15, 0.2) is 5.78 Å². The second kappa shape index (κ2) is 3.51. The summed E-state index contributed by atoms with van der Waals surface area (Å²) in [6, 6.07) is 7.28. The first-order chi connectivity index (χ1) is 9.25. The van der Waals surface area contributed by atoms with E-state index in [0.717, 1.165) is 5.35 Å². The highest BCUT2D eigenvalue weighted by atomic mass is 16.2. The molecule has 4 heteroatoms. The smallest absolute Gasteiger partial charge is 0.231 e. The molecule has 0 fully saturated rings. The van der Waals surface area contributed by atoms with Gasteiger partial charge in [-0.2, -0.15) is 0 Å². The van der Waals surface area contributed by atoms with E-state index in [0.29, 0.717) is 35.0 Å². The number of rotatable bonds is 0. The molecule has 19 heavy (non-hydrogen) atoms. The molecule has 4 rings (SSSR count). The Morgan fingerprint density at radius 1 is 1.11 bits per heavy atom. The summed E-state index contributed by atoms with van der Waals surface area (Å²) in [5.41, 5.74) is 1.81. The van der Waals surface area contributed by atoms with Crippen molar-refractivity contribution in [2.45, 2.75) is 12.8 Å². The fourth-order valence-electron chi connectivity index (χ4n) is 2.68. The normalized spacial score (nSPS) is 16.0. The van der Waals surface area contributed by atoms with Gasteiger partial charge in [-0.05, 0) is 18.6 Å². The summed E-state index contributed by atoms with van der Waals surface area (Å²) >= 11 is 0. The lowest BCUT2D eigenvalue weighted by molar-refractivity contribution is 0.0897. The van der Waals surface area contributed by atoms with Crippen LogP contribution in [0.15, 0.2) is 35.5 Å². The third-order valence-electron chi connectivity index (χ3n) is 3.61. The zero-order chi connectivity index (χ0) is 13.0. The molecule has 2 aromatic rings. The number of hydrogen-bond acceptors (Lipinski definition) is 3. The van der Waals surface area contributed by atoms with Crippen molar-refractivity contribution in [3.63, 3.8) is 0 Å². The molecule has 0 bridgehead atoms. The molecular formula is C15H10N2O2. The second-order valence-corrected chi connectivity index (χ2v) is 4.74. The van der Waals surface area contributed by atoms with Gasteiger partial charge in [-0.25, -0.2) is 4.99 Å². The Morgan fingerprint density at radius 2 is 1.95 bits per heavy atom. The predicted octanol–water partition coefficient (Wildman–Crippen LogP) is 1.20. The molecule has 0 amide bonds. The van der Waals surface area contributed by atoms with Crippen molar-refractivity contribution in [1.29, 1.82) is 0 Å². The van der Waals surface area contributed by atoms with Gasteiger partial charge in [0.25, 0.3) is 0 Å². The molecule has 0 saturated heterocycles. The van der Waals surface area contributed by atoms with Crippen molar-refractivity contribution in [1.82, 2.24) is 4.57 Å². The Morgan fingerprint density at radius 3 is 2.84 bits per heavy atom. The summed E-state index contributed by atoms with van der Waals surface area (Å²) in [6.07, 6.45) is 4.80. The maximum Gasteiger partial charge on any atom is 0.231 e. The van der Waals surface area contributed by atoms with Gasteiger partial charge < -0.3 is 0 Å². The van der Waals surface area contributed by atoms with Crippen LogP contribution in [0.4, 0.5) is 5.69 Å². The van der Waals surface area contributed by atoms with E-state index < -0.39 is 0 Å². The quantitative estimate of drug-likeness (QED) is 0.602. The number of carbonyl (C=O) groups is 2.